The minimum absolute atomic E-state index is 0.0515. The molecule has 7 nitrogen and oxygen atoms in total. The minimum Gasteiger partial charge on any atom is -0.480 e. The number of nitrogens with zero attached hydrogens (tertiary/aromatic N) is 3. The van der Waals surface area contributed by atoms with Crippen LogP contribution in [-0.2, 0) is 4.79 Å². The van der Waals surface area contributed by atoms with E-state index in [1.165, 1.54) is 11.3 Å². The number of aromatic nitrogens is 2. The average molecular weight is 570 g/mol. The number of amides is 1. The van der Waals surface area contributed by atoms with Crippen molar-refractivity contribution in [2.24, 2.45) is 11.8 Å². The number of rotatable bonds is 8. The molecule has 2 aliphatic rings. The van der Waals surface area contributed by atoms with Crippen LogP contribution in [0, 0.1) is 11.8 Å². The van der Waals surface area contributed by atoms with Gasteiger partial charge in [0.1, 0.15) is 5.02 Å². The topological polar surface area (TPSA) is 84.8 Å². The van der Waals surface area contributed by atoms with Gasteiger partial charge >= 0.3 is 0 Å². The van der Waals surface area contributed by atoms with Crippen molar-refractivity contribution in [1.82, 2.24) is 9.97 Å². The van der Waals surface area contributed by atoms with Crippen LogP contribution in [0.2, 0.25) is 5.02 Å². The van der Waals surface area contributed by atoms with E-state index in [9.17, 15) is 9.90 Å². The van der Waals surface area contributed by atoms with Crippen molar-refractivity contribution < 1.29 is 19.4 Å². The predicted molar refractivity (Wildman–Crippen MR) is 155 cm³/mol. The first-order valence-electron chi connectivity index (χ1n) is 13.7. The van der Waals surface area contributed by atoms with Gasteiger partial charge in [-0.2, -0.15) is 0 Å². The molecule has 0 saturated heterocycles. The number of aliphatic hydroxyl groups excluding tert-OH is 1. The highest BCUT2D eigenvalue weighted by atomic mass is 35.5. The molecule has 0 bridgehead atoms. The van der Waals surface area contributed by atoms with Gasteiger partial charge in [-0.05, 0) is 92.5 Å². The summed E-state index contributed by atoms with van der Waals surface area (Å²) in [5.74, 6) is 1.40. The molecule has 3 aromatic rings. The second kappa shape index (κ2) is 12.7. The van der Waals surface area contributed by atoms with Crippen LogP contribution < -0.4 is 14.4 Å². The van der Waals surface area contributed by atoms with Crippen LogP contribution in [-0.4, -0.2) is 47.8 Å². The van der Waals surface area contributed by atoms with Crippen molar-refractivity contribution in [1.29, 1.82) is 0 Å². The number of thiazole rings is 1. The predicted octanol–water partition coefficient (Wildman–Crippen LogP) is 6.73. The second-order valence-electron chi connectivity index (χ2n) is 10.7. The zero-order chi connectivity index (χ0) is 27.4. The highest BCUT2D eigenvalue weighted by Crippen LogP contribution is 2.39. The van der Waals surface area contributed by atoms with Crippen molar-refractivity contribution in [3.05, 3.63) is 53.3 Å². The Morgan fingerprint density at radius 3 is 2.46 bits per heavy atom. The maximum absolute atomic E-state index is 13.9. The van der Waals surface area contributed by atoms with Gasteiger partial charge in [0.25, 0.3) is 5.19 Å². The SMILES string of the molecule is COc1ncc(-c2cccc(N(C[C@H]3CC[C@H](c4cnc(OC)c(Cl)c4)CC3)C(=O)[C@H]3CC[C@H](O)CC3)c2)s1. The summed E-state index contributed by atoms with van der Waals surface area (Å²) in [6.45, 7) is 0.696. The molecule has 0 atom stereocenters. The third-order valence-electron chi connectivity index (χ3n) is 8.19. The molecule has 2 aliphatic carbocycles. The van der Waals surface area contributed by atoms with Gasteiger partial charge in [-0.25, -0.2) is 9.97 Å². The lowest BCUT2D eigenvalue weighted by atomic mass is 9.78. The zero-order valence-corrected chi connectivity index (χ0v) is 24.1. The molecule has 1 N–H and O–H groups in total. The summed E-state index contributed by atoms with van der Waals surface area (Å²) in [4.78, 5) is 25.6. The first-order valence-corrected chi connectivity index (χ1v) is 14.9. The van der Waals surface area contributed by atoms with Gasteiger partial charge in [-0.1, -0.05) is 35.1 Å². The van der Waals surface area contributed by atoms with Crippen molar-refractivity contribution in [2.75, 3.05) is 25.7 Å². The molecule has 39 heavy (non-hydrogen) atoms. The number of hydrogen-bond acceptors (Lipinski definition) is 7. The molecule has 0 unspecified atom stereocenters. The fraction of sp³-hybridized carbons (Fsp3) is 0.500. The number of aliphatic hydroxyl groups is 1. The average Bonchev–Trinajstić information content (AvgIpc) is 3.46. The number of pyridine rings is 1. The molecule has 0 aliphatic heterocycles. The molecule has 2 aromatic heterocycles. The highest BCUT2D eigenvalue weighted by molar-refractivity contribution is 7.16. The molecular formula is C30H36ClN3O4S. The first-order chi connectivity index (χ1) is 18.9. The number of carbonyl (C=O) groups is 1. The third-order valence-corrected chi connectivity index (χ3v) is 9.47. The molecule has 2 fully saturated rings. The molecule has 2 heterocycles. The summed E-state index contributed by atoms with van der Waals surface area (Å²) >= 11 is 7.83. The van der Waals surface area contributed by atoms with E-state index in [1.54, 1.807) is 14.2 Å². The third kappa shape index (κ3) is 6.56. The van der Waals surface area contributed by atoms with Crippen molar-refractivity contribution >= 4 is 34.5 Å². The minimum atomic E-state index is -0.289. The summed E-state index contributed by atoms with van der Waals surface area (Å²) in [6, 6.07) is 10.2. The van der Waals surface area contributed by atoms with E-state index < -0.39 is 0 Å². The molecule has 2 saturated carbocycles. The number of methoxy groups -OCH3 is 2. The van der Waals surface area contributed by atoms with Crippen molar-refractivity contribution in [3.8, 4) is 21.5 Å². The summed E-state index contributed by atoms with van der Waals surface area (Å²) in [5, 5.41) is 11.2. The Hall–Kier alpha value is -2.68. The molecule has 0 spiro atoms. The Labute approximate surface area is 239 Å². The number of anilines is 1. The van der Waals surface area contributed by atoms with Crippen LogP contribution in [0.1, 0.15) is 62.8 Å². The highest BCUT2D eigenvalue weighted by Gasteiger charge is 2.32. The van der Waals surface area contributed by atoms with E-state index in [1.807, 2.05) is 35.5 Å². The number of halogens is 1. The van der Waals surface area contributed by atoms with Crippen LogP contribution in [0.15, 0.2) is 42.7 Å². The summed E-state index contributed by atoms with van der Waals surface area (Å²) in [5.41, 5.74) is 3.10. The van der Waals surface area contributed by atoms with E-state index in [-0.39, 0.29) is 17.9 Å². The molecule has 5 rings (SSSR count). The first kappa shape index (κ1) is 27.9. The lowest BCUT2D eigenvalue weighted by molar-refractivity contribution is -0.124. The van der Waals surface area contributed by atoms with Crippen molar-refractivity contribution in [2.45, 2.75) is 63.4 Å². The Bertz CT molecular complexity index is 1270. The van der Waals surface area contributed by atoms with Crippen molar-refractivity contribution in [3.63, 3.8) is 0 Å². The monoisotopic (exact) mass is 569 g/mol. The summed E-state index contributed by atoms with van der Waals surface area (Å²) in [6.07, 6.45) is 10.4. The van der Waals surface area contributed by atoms with Crippen LogP contribution in [0.3, 0.4) is 0 Å². The quantitative estimate of drug-likeness (QED) is 0.323. The Kier molecular flexibility index (Phi) is 9.05. The van der Waals surface area contributed by atoms with E-state index in [2.05, 4.69) is 22.1 Å². The van der Waals surface area contributed by atoms with Crippen LogP contribution >= 0.6 is 22.9 Å². The van der Waals surface area contributed by atoms with Gasteiger partial charge in [-0.15, -0.1) is 0 Å². The van der Waals surface area contributed by atoms with E-state index in [0.717, 1.165) is 60.2 Å². The number of hydrogen-bond donors (Lipinski definition) is 1. The number of ether oxygens (including phenoxy) is 2. The lowest BCUT2D eigenvalue weighted by Crippen LogP contribution is -2.41. The largest absolute Gasteiger partial charge is 0.480 e. The van der Waals surface area contributed by atoms with Gasteiger partial charge in [0.15, 0.2) is 0 Å². The Balaban J connectivity index is 1.33. The Morgan fingerprint density at radius 1 is 1.03 bits per heavy atom. The molecule has 9 heteroatoms. The molecule has 1 amide bonds. The maximum atomic E-state index is 13.9. The number of carbonyl (C=O) groups excluding carboxylic acids is 1. The fourth-order valence-electron chi connectivity index (χ4n) is 5.93. The summed E-state index contributed by atoms with van der Waals surface area (Å²) < 4.78 is 10.5. The smallest absolute Gasteiger partial charge is 0.273 e. The normalized spacial score (nSPS) is 23.3. The van der Waals surface area contributed by atoms with Gasteiger partial charge in [0.05, 0.1) is 25.2 Å². The molecule has 1 aromatic carbocycles. The van der Waals surface area contributed by atoms with Crippen LogP contribution in [0.5, 0.6) is 11.1 Å². The maximum Gasteiger partial charge on any atom is 0.273 e. The van der Waals surface area contributed by atoms with E-state index in [4.69, 9.17) is 21.1 Å². The van der Waals surface area contributed by atoms with E-state index >= 15 is 0 Å². The Morgan fingerprint density at radius 2 is 1.79 bits per heavy atom. The fourth-order valence-corrected chi connectivity index (χ4v) is 6.91. The molecule has 0 radical (unpaired) electrons. The van der Waals surface area contributed by atoms with Gasteiger partial charge in [0, 0.05) is 30.5 Å². The molecule has 208 valence electrons. The van der Waals surface area contributed by atoms with Gasteiger partial charge < -0.3 is 19.5 Å². The summed E-state index contributed by atoms with van der Waals surface area (Å²) in [7, 11) is 3.19. The van der Waals surface area contributed by atoms with Gasteiger partial charge in [0.2, 0.25) is 11.8 Å². The lowest BCUT2D eigenvalue weighted by Gasteiger charge is -2.36. The zero-order valence-electron chi connectivity index (χ0n) is 22.5. The second-order valence-corrected chi connectivity index (χ2v) is 12.1. The van der Waals surface area contributed by atoms with E-state index in [0.29, 0.717) is 47.3 Å². The number of benzene rings is 1. The van der Waals surface area contributed by atoms with Crippen LogP contribution in [0.4, 0.5) is 5.69 Å². The standard InChI is InChI=1S/C30H36ClN3O4S/c1-37-28-26(31)15-23(16-32-28)20-8-6-19(7-9-20)18-34(29(36)21-10-12-25(35)13-11-21)24-5-3-4-22(14-24)27-17-33-30(38-2)39-27/h3-5,14-17,19-21,25,35H,6-13,18H2,1-2H3/t19-,20-,21-,25-. The molecular weight excluding hydrogens is 534 g/mol. The van der Waals surface area contributed by atoms with Crippen LogP contribution in [0.25, 0.3) is 10.4 Å². The van der Waals surface area contributed by atoms with Gasteiger partial charge in [-0.3, -0.25) is 4.79 Å².